The van der Waals surface area contributed by atoms with Gasteiger partial charge in [0, 0.05) is 43.3 Å². The predicted molar refractivity (Wildman–Crippen MR) is 108 cm³/mol. The van der Waals surface area contributed by atoms with Crippen LogP contribution in [0.25, 0.3) is 0 Å². The van der Waals surface area contributed by atoms with Crippen molar-refractivity contribution >= 4 is 7.14 Å². The van der Waals surface area contributed by atoms with E-state index in [1.165, 1.54) is 16.7 Å². The molecular formula is C22H25N2OP. The van der Waals surface area contributed by atoms with Crippen LogP contribution in [0.3, 0.4) is 0 Å². The maximum absolute atomic E-state index is 13.7. The van der Waals surface area contributed by atoms with E-state index >= 15 is 0 Å². The molecule has 0 aliphatic heterocycles. The van der Waals surface area contributed by atoms with Crippen LogP contribution in [0.2, 0.25) is 0 Å². The van der Waals surface area contributed by atoms with Gasteiger partial charge >= 0.3 is 0 Å². The molecule has 0 saturated heterocycles. The Hall–Kier alpha value is -2.25. The molecule has 1 aromatic carbocycles. The van der Waals surface area contributed by atoms with Crippen LogP contribution in [-0.2, 0) is 23.8 Å². The van der Waals surface area contributed by atoms with Crippen molar-refractivity contribution in [1.82, 2.24) is 9.97 Å². The molecule has 0 saturated carbocycles. The van der Waals surface area contributed by atoms with Crippen LogP contribution in [0.1, 0.15) is 16.7 Å². The summed E-state index contributed by atoms with van der Waals surface area (Å²) >= 11 is 0. The first-order chi connectivity index (χ1) is 12.7. The van der Waals surface area contributed by atoms with Gasteiger partial charge in [0.25, 0.3) is 0 Å². The number of nitrogens with zero attached hydrogens (tertiary/aromatic N) is 2. The van der Waals surface area contributed by atoms with E-state index in [0.29, 0.717) is 0 Å². The average molecular weight is 364 g/mol. The van der Waals surface area contributed by atoms with Crippen molar-refractivity contribution in [2.24, 2.45) is 0 Å². The van der Waals surface area contributed by atoms with E-state index in [4.69, 9.17) is 0 Å². The lowest BCUT2D eigenvalue weighted by molar-refractivity contribution is 0.572. The third kappa shape index (κ3) is 5.93. The molecule has 0 N–H and O–H groups in total. The maximum Gasteiger partial charge on any atom is 0.0887 e. The van der Waals surface area contributed by atoms with Crippen LogP contribution in [-0.4, -0.2) is 28.5 Å². The zero-order chi connectivity index (χ0) is 18.1. The van der Waals surface area contributed by atoms with E-state index in [-0.39, 0.29) is 0 Å². The largest absolute Gasteiger partial charge is 0.324 e. The Morgan fingerprint density at radius 2 is 0.962 bits per heavy atom. The molecule has 3 rings (SSSR count). The molecule has 3 nitrogen and oxygen atoms in total. The van der Waals surface area contributed by atoms with Crippen molar-refractivity contribution in [3.8, 4) is 0 Å². The minimum Gasteiger partial charge on any atom is -0.324 e. The topological polar surface area (TPSA) is 42.9 Å². The Labute approximate surface area is 155 Å². The summed E-state index contributed by atoms with van der Waals surface area (Å²) in [5, 5.41) is 0. The molecule has 2 heterocycles. The van der Waals surface area contributed by atoms with Gasteiger partial charge in [0.05, 0.1) is 7.14 Å². The zero-order valence-electron chi connectivity index (χ0n) is 15.0. The van der Waals surface area contributed by atoms with E-state index in [0.717, 1.165) is 37.7 Å². The minimum atomic E-state index is -2.26. The molecule has 134 valence electrons. The lowest BCUT2D eigenvalue weighted by atomic mass is 10.2. The van der Waals surface area contributed by atoms with Crippen LogP contribution < -0.4 is 0 Å². The van der Waals surface area contributed by atoms with Gasteiger partial charge in [0.1, 0.15) is 0 Å². The van der Waals surface area contributed by atoms with E-state index in [1.54, 1.807) is 24.8 Å². The molecule has 0 aliphatic carbocycles. The Morgan fingerprint density at radius 3 is 1.38 bits per heavy atom. The maximum atomic E-state index is 13.7. The standard InChI is InChI=1S/C22H25N2OP/c25-26(17-10-20-4-2-1-3-5-20,18-11-21-6-13-23-14-7-21)19-12-22-8-15-24-16-9-22/h1-9,13-16H,10-12,17-19H2. The third-order valence-corrected chi connectivity index (χ3v) is 7.88. The Bertz CT molecular complexity index is 710. The fourth-order valence-corrected chi connectivity index (χ4v) is 5.75. The summed E-state index contributed by atoms with van der Waals surface area (Å²) in [4.78, 5) is 8.13. The number of aryl methyl sites for hydroxylation is 3. The molecule has 0 spiro atoms. The Morgan fingerprint density at radius 1 is 0.577 bits per heavy atom. The van der Waals surface area contributed by atoms with Gasteiger partial charge in [-0.2, -0.15) is 0 Å². The highest BCUT2D eigenvalue weighted by Crippen LogP contribution is 2.47. The van der Waals surface area contributed by atoms with Crippen LogP contribution in [0.5, 0.6) is 0 Å². The Kier molecular flexibility index (Phi) is 6.74. The highest BCUT2D eigenvalue weighted by molar-refractivity contribution is 7.63. The van der Waals surface area contributed by atoms with E-state index in [1.807, 2.05) is 42.5 Å². The predicted octanol–water partition coefficient (Wildman–Crippen LogP) is 4.87. The quantitative estimate of drug-likeness (QED) is 0.509. The lowest BCUT2D eigenvalue weighted by Gasteiger charge is -2.19. The van der Waals surface area contributed by atoms with Gasteiger partial charge in [-0.25, -0.2) is 0 Å². The normalized spacial score (nSPS) is 11.4. The second-order valence-corrected chi connectivity index (χ2v) is 10.1. The van der Waals surface area contributed by atoms with E-state index in [2.05, 4.69) is 22.1 Å². The van der Waals surface area contributed by atoms with Crippen molar-refractivity contribution in [2.75, 3.05) is 18.5 Å². The molecule has 0 radical (unpaired) electrons. The van der Waals surface area contributed by atoms with Crippen molar-refractivity contribution in [2.45, 2.75) is 19.3 Å². The molecular weight excluding hydrogens is 339 g/mol. The molecule has 0 atom stereocenters. The summed E-state index contributed by atoms with van der Waals surface area (Å²) in [7, 11) is -2.26. The summed E-state index contributed by atoms with van der Waals surface area (Å²) in [6.45, 7) is 0. The summed E-state index contributed by atoms with van der Waals surface area (Å²) in [5.41, 5.74) is 3.69. The molecule has 2 aromatic heterocycles. The number of hydrogen-bond donors (Lipinski definition) is 0. The summed E-state index contributed by atoms with van der Waals surface area (Å²) < 4.78 is 13.7. The summed E-state index contributed by atoms with van der Waals surface area (Å²) in [6.07, 6.45) is 12.1. The SMILES string of the molecule is O=P(CCc1ccccc1)(CCc1ccncc1)CCc1ccncc1. The zero-order valence-corrected chi connectivity index (χ0v) is 15.9. The second-order valence-electron chi connectivity index (χ2n) is 6.68. The molecule has 0 amide bonds. The fraction of sp³-hybridized carbons (Fsp3) is 0.273. The van der Waals surface area contributed by atoms with Crippen LogP contribution >= 0.6 is 7.14 Å². The second kappa shape index (κ2) is 9.45. The summed E-state index contributed by atoms with van der Waals surface area (Å²) in [5.74, 6) is 0. The monoisotopic (exact) mass is 364 g/mol. The first-order valence-corrected chi connectivity index (χ1v) is 11.4. The number of hydrogen-bond acceptors (Lipinski definition) is 3. The number of rotatable bonds is 9. The van der Waals surface area contributed by atoms with Crippen molar-refractivity contribution < 1.29 is 4.57 Å². The number of benzene rings is 1. The first-order valence-electron chi connectivity index (χ1n) is 9.12. The summed E-state index contributed by atoms with van der Waals surface area (Å²) in [6, 6.07) is 18.4. The van der Waals surface area contributed by atoms with Crippen molar-refractivity contribution in [3.05, 3.63) is 96.1 Å². The molecule has 0 aliphatic rings. The van der Waals surface area contributed by atoms with Gasteiger partial charge in [0.2, 0.25) is 0 Å². The van der Waals surface area contributed by atoms with Crippen LogP contribution in [0, 0.1) is 0 Å². The van der Waals surface area contributed by atoms with Gasteiger partial charge < -0.3 is 4.57 Å². The van der Waals surface area contributed by atoms with Gasteiger partial charge in [0.15, 0.2) is 0 Å². The molecule has 4 heteroatoms. The van der Waals surface area contributed by atoms with E-state index in [9.17, 15) is 4.57 Å². The lowest BCUT2D eigenvalue weighted by Crippen LogP contribution is -2.07. The van der Waals surface area contributed by atoms with Gasteiger partial charge in [-0.05, 0) is 60.2 Å². The highest BCUT2D eigenvalue weighted by atomic mass is 31.2. The van der Waals surface area contributed by atoms with Crippen LogP contribution in [0.4, 0.5) is 0 Å². The molecule has 0 bridgehead atoms. The van der Waals surface area contributed by atoms with Gasteiger partial charge in [-0.1, -0.05) is 30.3 Å². The molecule has 3 aromatic rings. The van der Waals surface area contributed by atoms with Crippen LogP contribution in [0.15, 0.2) is 79.4 Å². The molecule has 26 heavy (non-hydrogen) atoms. The van der Waals surface area contributed by atoms with Gasteiger partial charge in [-0.15, -0.1) is 0 Å². The number of aromatic nitrogens is 2. The third-order valence-electron chi connectivity index (χ3n) is 4.77. The minimum absolute atomic E-state index is 0.759. The first kappa shape index (κ1) is 18.5. The fourth-order valence-electron chi connectivity index (χ4n) is 3.08. The molecule has 0 unspecified atom stereocenters. The molecule has 0 fully saturated rings. The average Bonchev–Trinajstić information content (AvgIpc) is 2.72. The number of pyridine rings is 2. The Balaban J connectivity index is 1.65. The van der Waals surface area contributed by atoms with Crippen molar-refractivity contribution in [3.63, 3.8) is 0 Å². The van der Waals surface area contributed by atoms with Gasteiger partial charge in [-0.3, -0.25) is 9.97 Å². The highest BCUT2D eigenvalue weighted by Gasteiger charge is 2.22. The van der Waals surface area contributed by atoms with E-state index < -0.39 is 7.14 Å². The smallest absolute Gasteiger partial charge is 0.0887 e. The van der Waals surface area contributed by atoms with Crippen molar-refractivity contribution in [1.29, 1.82) is 0 Å².